The summed E-state index contributed by atoms with van der Waals surface area (Å²) >= 11 is 0. The maximum absolute atomic E-state index is 6.54. The van der Waals surface area contributed by atoms with Gasteiger partial charge < -0.3 is 0 Å². The molecular weight excluding hydrogens is 102 g/mol. The quantitative estimate of drug-likeness (QED) is 0.546. The molecule has 1 aromatic rings. The second-order valence-electron chi connectivity index (χ2n) is 1.32. The first-order valence-corrected chi connectivity index (χ1v) is 2.21. The first-order valence-electron chi connectivity index (χ1n) is 2.21. The summed E-state index contributed by atoms with van der Waals surface area (Å²) in [6, 6.07) is 3.35. The van der Waals surface area contributed by atoms with E-state index in [0.29, 0.717) is 5.69 Å². The van der Waals surface area contributed by atoms with Gasteiger partial charge in [-0.3, -0.25) is 4.98 Å². The van der Waals surface area contributed by atoms with Gasteiger partial charge in [0.1, 0.15) is 0 Å². The van der Waals surface area contributed by atoms with Crippen molar-refractivity contribution in [1.82, 2.24) is 4.98 Å². The second kappa shape index (κ2) is 2.16. The van der Waals surface area contributed by atoms with Crippen LogP contribution in [-0.4, -0.2) is 4.98 Å². The van der Waals surface area contributed by atoms with Crippen molar-refractivity contribution in [2.45, 2.75) is 0 Å². The SMILES string of the molecule is N=Nc1ccncc1. The van der Waals surface area contributed by atoms with Gasteiger partial charge in [-0.05, 0) is 12.1 Å². The zero-order chi connectivity index (χ0) is 5.82. The summed E-state index contributed by atoms with van der Waals surface area (Å²) in [7, 11) is 0. The average Bonchev–Trinajstić information content (AvgIpc) is 1.90. The fourth-order valence-electron chi connectivity index (χ4n) is 0.419. The maximum Gasteiger partial charge on any atom is 0.0880 e. The predicted octanol–water partition coefficient (Wildman–Crippen LogP) is 1.74. The number of pyridine rings is 1. The topological polar surface area (TPSA) is 49.1 Å². The van der Waals surface area contributed by atoms with E-state index in [9.17, 15) is 0 Å². The molecule has 0 atom stereocenters. The zero-order valence-electron chi connectivity index (χ0n) is 4.20. The van der Waals surface area contributed by atoms with E-state index in [0.717, 1.165) is 0 Å². The summed E-state index contributed by atoms with van der Waals surface area (Å²) in [6.07, 6.45) is 3.21. The zero-order valence-corrected chi connectivity index (χ0v) is 4.20. The number of nitrogens with one attached hydrogen (secondary N) is 1. The van der Waals surface area contributed by atoms with Gasteiger partial charge in [-0.15, -0.1) is 0 Å². The molecule has 0 saturated heterocycles. The van der Waals surface area contributed by atoms with Crippen molar-refractivity contribution in [3.8, 4) is 0 Å². The molecule has 0 radical (unpaired) electrons. The first kappa shape index (κ1) is 4.90. The molecule has 0 spiro atoms. The van der Waals surface area contributed by atoms with E-state index in [1.54, 1.807) is 24.5 Å². The molecule has 8 heavy (non-hydrogen) atoms. The Morgan fingerprint density at radius 3 is 2.38 bits per heavy atom. The van der Waals surface area contributed by atoms with Gasteiger partial charge in [-0.1, -0.05) is 0 Å². The minimum absolute atomic E-state index is 0.639. The van der Waals surface area contributed by atoms with Crippen LogP contribution in [0.5, 0.6) is 0 Å². The third kappa shape index (κ3) is 0.872. The fraction of sp³-hybridized carbons (Fsp3) is 0. The van der Waals surface area contributed by atoms with Gasteiger partial charge in [-0.2, -0.15) is 5.11 Å². The van der Waals surface area contributed by atoms with Crippen molar-refractivity contribution in [1.29, 1.82) is 5.53 Å². The van der Waals surface area contributed by atoms with Crippen molar-refractivity contribution in [3.63, 3.8) is 0 Å². The Kier molecular flexibility index (Phi) is 1.32. The fourth-order valence-corrected chi connectivity index (χ4v) is 0.419. The Morgan fingerprint density at radius 1 is 1.38 bits per heavy atom. The van der Waals surface area contributed by atoms with Crippen LogP contribution in [0.25, 0.3) is 0 Å². The molecule has 0 unspecified atom stereocenters. The van der Waals surface area contributed by atoms with Crippen LogP contribution in [0.1, 0.15) is 0 Å². The van der Waals surface area contributed by atoms with E-state index >= 15 is 0 Å². The molecule has 3 heteroatoms. The lowest BCUT2D eigenvalue weighted by atomic mass is 10.4. The highest BCUT2D eigenvalue weighted by atomic mass is 15.0. The molecule has 0 aliphatic heterocycles. The lowest BCUT2D eigenvalue weighted by Crippen LogP contribution is -1.63. The molecule has 1 rings (SSSR count). The van der Waals surface area contributed by atoms with Crippen molar-refractivity contribution in [2.75, 3.05) is 0 Å². The average molecular weight is 107 g/mol. The highest BCUT2D eigenvalue weighted by Gasteiger charge is 1.79. The summed E-state index contributed by atoms with van der Waals surface area (Å²) in [6.45, 7) is 0. The summed E-state index contributed by atoms with van der Waals surface area (Å²) in [5, 5.41) is 3.18. The van der Waals surface area contributed by atoms with Crippen LogP contribution in [0.3, 0.4) is 0 Å². The summed E-state index contributed by atoms with van der Waals surface area (Å²) in [5.74, 6) is 0. The molecule has 0 aliphatic rings. The molecule has 0 fully saturated rings. The molecule has 40 valence electrons. The summed E-state index contributed by atoms with van der Waals surface area (Å²) in [4.78, 5) is 3.75. The molecule has 0 aliphatic carbocycles. The minimum Gasteiger partial charge on any atom is -0.265 e. The van der Waals surface area contributed by atoms with Gasteiger partial charge in [0.2, 0.25) is 0 Å². The van der Waals surface area contributed by atoms with Crippen LogP contribution >= 0.6 is 0 Å². The van der Waals surface area contributed by atoms with Crippen molar-refractivity contribution in [3.05, 3.63) is 24.5 Å². The molecule has 1 heterocycles. The van der Waals surface area contributed by atoms with Gasteiger partial charge in [-0.25, -0.2) is 5.53 Å². The molecule has 0 bridgehead atoms. The molecule has 0 amide bonds. The Labute approximate surface area is 46.9 Å². The van der Waals surface area contributed by atoms with E-state index in [1.165, 1.54) is 0 Å². The summed E-state index contributed by atoms with van der Waals surface area (Å²) < 4.78 is 0. The highest BCUT2D eigenvalue weighted by Crippen LogP contribution is 2.05. The number of hydrogen-bond donors (Lipinski definition) is 1. The van der Waals surface area contributed by atoms with Crippen LogP contribution in [0.15, 0.2) is 29.6 Å². The number of nitrogens with zero attached hydrogens (tertiary/aromatic N) is 2. The highest BCUT2D eigenvalue weighted by molar-refractivity contribution is 5.31. The molecular formula is C5H5N3. The Balaban J connectivity index is 2.99. The predicted molar refractivity (Wildman–Crippen MR) is 29.0 cm³/mol. The Bertz CT molecular complexity index is 170. The standard InChI is InChI=1S/C5H5N3/c6-8-5-1-3-7-4-2-5/h1-4,6H. The second-order valence-corrected chi connectivity index (χ2v) is 1.32. The minimum atomic E-state index is 0.639. The Morgan fingerprint density at radius 2 is 2.00 bits per heavy atom. The van der Waals surface area contributed by atoms with Gasteiger partial charge in [0.05, 0.1) is 5.69 Å². The van der Waals surface area contributed by atoms with Crippen LogP contribution in [-0.2, 0) is 0 Å². The van der Waals surface area contributed by atoms with Crippen LogP contribution in [0, 0.1) is 5.53 Å². The molecule has 1 N–H and O–H groups in total. The number of hydrogen-bond acceptors (Lipinski definition) is 3. The van der Waals surface area contributed by atoms with Gasteiger partial charge in [0.15, 0.2) is 0 Å². The Hall–Kier alpha value is -1.25. The first-order chi connectivity index (χ1) is 3.93. The van der Waals surface area contributed by atoms with E-state index in [2.05, 4.69) is 10.1 Å². The maximum atomic E-state index is 6.54. The van der Waals surface area contributed by atoms with Gasteiger partial charge >= 0.3 is 0 Å². The molecule has 0 saturated carbocycles. The lowest BCUT2D eigenvalue weighted by Gasteiger charge is -1.82. The van der Waals surface area contributed by atoms with E-state index < -0.39 is 0 Å². The van der Waals surface area contributed by atoms with Gasteiger partial charge in [0.25, 0.3) is 0 Å². The van der Waals surface area contributed by atoms with Crippen molar-refractivity contribution >= 4 is 5.69 Å². The third-order valence-electron chi connectivity index (χ3n) is 0.792. The van der Waals surface area contributed by atoms with Crippen molar-refractivity contribution in [2.24, 2.45) is 5.11 Å². The van der Waals surface area contributed by atoms with Crippen molar-refractivity contribution < 1.29 is 0 Å². The van der Waals surface area contributed by atoms with E-state index in [1.807, 2.05) is 0 Å². The largest absolute Gasteiger partial charge is 0.265 e. The summed E-state index contributed by atoms with van der Waals surface area (Å²) in [5.41, 5.74) is 7.18. The lowest BCUT2D eigenvalue weighted by molar-refractivity contribution is 1.14. The third-order valence-corrected chi connectivity index (χ3v) is 0.792. The monoisotopic (exact) mass is 107 g/mol. The van der Waals surface area contributed by atoms with Crippen LogP contribution < -0.4 is 0 Å². The molecule has 0 aromatic carbocycles. The number of rotatable bonds is 1. The smallest absolute Gasteiger partial charge is 0.0880 e. The van der Waals surface area contributed by atoms with Gasteiger partial charge in [0, 0.05) is 12.4 Å². The van der Waals surface area contributed by atoms with Crippen LogP contribution in [0.2, 0.25) is 0 Å². The van der Waals surface area contributed by atoms with Crippen LogP contribution in [0.4, 0.5) is 5.69 Å². The van der Waals surface area contributed by atoms with E-state index in [4.69, 9.17) is 5.53 Å². The number of aromatic nitrogens is 1. The normalized spacial score (nSPS) is 8.50. The van der Waals surface area contributed by atoms with E-state index in [-0.39, 0.29) is 0 Å². The molecule has 3 nitrogen and oxygen atoms in total. The molecule has 1 aromatic heterocycles.